The summed E-state index contributed by atoms with van der Waals surface area (Å²) in [6.45, 7) is 1.65. The highest BCUT2D eigenvalue weighted by Gasteiger charge is 2.26. The number of carbonyl (C=O) groups excluding carboxylic acids is 1. The lowest BCUT2D eigenvalue weighted by Crippen LogP contribution is -2.43. The van der Waals surface area contributed by atoms with Crippen LogP contribution in [0.5, 0.6) is 5.75 Å². The Balaban J connectivity index is 1.42. The molecule has 1 aliphatic heterocycles. The number of rotatable bonds is 5. The second-order valence-electron chi connectivity index (χ2n) is 7.87. The van der Waals surface area contributed by atoms with Crippen molar-refractivity contribution >= 4 is 43.8 Å². The van der Waals surface area contributed by atoms with Gasteiger partial charge in [-0.2, -0.15) is 0 Å². The van der Waals surface area contributed by atoms with E-state index >= 15 is 0 Å². The van der Waals surface area contributed by atoms with Gasteiger partial charge in [0.25, 0.3) is 5.91 Å². The van der Waals surface area contributed by atoms with E-state index in [1.165, 1.54) is 11.3 Å². The molecule has 30 heavy (non-hydrogen) atoms. The van der Waals surface area contributed by atoms with Crippen molar-refractivity contribution in [3.8, 4) is 5.75 Å². The van der Waals surface area contributed by atoms with Gasteiger partial charge in [0.15, 0.2) is 0 Å². The molecule has 1 aliphatic carbocycles. The topological polar surface area (TPSA) is 119 Å². The molecule has 0 aromatic carbocycles. The van der Waals surface area contributed by atoms with Crippen molar-refractivity contribution in [3.05, 3.63) is 36.3 Å². The lowest BCUT2D eigenvalue weighted by Gasteiger charge is -2.33. The summed E-state index contributed by atoms with van der Waals surface area (Å²) in [5.74, 6) is 0.423. The number of nitrogens with two attached hydrogens (primary N) is 2. The number of carbonyl (C=O) groups is 1. The summed E-state index contributed by atoms with van der Waals surface area (Å²) >= 11 is 1.34. The largest absolute Gasteiger partial charge is 0.489 e. The summed E-state index contributed by atoms with van der Waals surface area (Å²) in [5.41, 5.74) is 14.9. The first-order valence-electron chi connectivity index (χ1n) is 10.2. The maximum atomic E-state index is 13.2. The second-order valence-corrected chi connectivity index (χ2v) is 8.96. The number of anilines is 3. The molecule has 2 fully saturated rings. The van der Waals surface area contributed by atoms with Crippen molar-refractivity contribution in [2.75, 3.05) is 29.0 Å². The maximum Gasteiger partial charge on any atom is 0.260 e. The van der Waals surface area contributed by atoms with Crippen molar-refractivity contribution in [2.45, 2.75) is 37.8 Å². The number of hydrogen-bond acceptors (Lipinski definition) is 8. The number of piperidine rings is 1. The highest BCUT2D eigenvalue weighted by molar-refractivity contribution is 7.23. The molecule has 5 N–H and O–H groups in total. The fourth-order valence-electron chi connectivity index (χ4n) is 3.81. The number of ether oxygens (including phenoxy) is 1. The lowest BCUT2D eigenvalue weighted by atomic mass is 10.1. The predicted molar refractivity (Wildman–Crippen MR) is 119 cm³/mol. The van der Waals surface area contributed by atoms with Crippen LogP contribution in [0.3, 0.4) is 0 Å². The summed E-state index contributed by atoms with van der Waals surface area (Å²) in [7, 11) is 0. The zero-order chi connectivity index (χ0) is 20.7. The minimum absolute atomic E-state index is 0.128. The van der Waals surface area contributed by atoms with E-state index in [1.54, 1.807) is 18.6 Å². The number of amides is 1. The number of nitrogen functional groups attached to an aromatic ring is 1. The number of nitrogens with zero attached hydrogens (tertiary/aromatic N) is 3. The minimum Gasteiger partial charge on any atom is -0.489 e. The third-order valence-electron chi connectivity index (χ3n) is 5.43. The molecule has 0 spiro atoms. The monoisotopic (exact) mass is 424 g/mol. The van der Waals surface area contributed by atoms with Crippen LogP contribution in [0.15, 0.2) is 30.7 Å². The van der Waals surface area contributed by atoms with Gasteiger partial charge in [-0.15, -0.1) is 11.3 Å². The molecule has 0 radical (unpaired) electrons. The van der Waals surface area contributed by atoms with Crippen molar-refractivity contribution in [1.29, 1.82) is 0 Å². The van der Waals surface area contributed by atoms with Crippen LogP contribution in [0.1, 0.15) is 36.0 Å². The van der Waals surface area contributed by atoms with E-state index in [-0.39, 0.29) is 18.1 Å². The van der Waals surface area contributed by atoms with Crippen LogP contribution in [-0.2, 0) is 0 Å². The van der Waals surface area contributed by atoms with Crippen LogP contribution in [0, 0.1) is 0 Å². The van der Waals surface area contributed by atoms with E-state index in [2.05, 4.69) is 20.2 Å². The standard InChI is InChI=1S/C21H24N6O2S/c22-12-2-1-7-27(11-12)16-5-6-24-10-15(16)26-21(28)18-19-17(30-20(18)23)8-14(9-25-19)29-13-3-4-13/h5-6,8-10,12-13H,1-4,7,11,22-23H2,(H,26,28)/t12-/m1/s1. The van der Waals surface area contributed by atoms with Crippen molar-refractivity contribution in [3.63, 3.8) is 0 Å². The van der Waals surface area contributed by atoms with E-state index in [0.29, 0.717) is 27.5 Å². The van der Waals surface area contributed by atoms with Crippen LogP contribution in [0.2, 0.25) is 0 Å². The molecular formula is C21H24N6O2S. The lowest BCUT2D eigenvalue weighted by molar-refractivity contribution is 0.102. The van der Waals surface area contributed by atoms with Crippen molar-refractivity contribution < 1.29 is 9.53 Å². The Labute approximate surface area is 178 Å². The van der Waals surface area contributed by atoms with Crippen LogP contribution in [0.25, 0.3) is 10.2 Å². The Bertz CT molecular complexity index is 1100. The first kappa shape index (κ1) is 19.1. The molecule has 2 aliphatic rings. The zero-order valence-electron chi connectivity index (χ0n) is 16.5. The summed E-state index contributed by atoms with van der Waals surface area (Å²) in [4.78, 5) is 24.0. The molecule has 3 aromatic rings. The normalized spacial score (nSPS) is 19.1. The molecule has 1 saturated heterocycles. The van der Waals surface area contributed by atoms with E-state index in [1.807, 2.05) is 12.1 Å². The van der Waals surface area contributed by atoms with Gasteiger partial charge < -0.3 is 26.4 Å². The molecular weight excluding hydrogens is 400 g/mol. The minimum atomic E-state index is -0.294. The SMILES string of the molecule is Nc1sc2cc(OC3CC3)cnc2c1C(=O)Nc1cnccc1N1CCC[C@@H](N)C1. The molecule has 1 saturated carbocycles. The molecule has 156 valence electrons. The molecule has 8 nitrogen and oxygen atoms in total. The fraction of sp³-hybridized carbons (Fsp3) is 0.381. The Morgan fingerprint density at radius 2 is 2.17 bits per heavy atom. The quantitative estimate of drug-likeness (QED) is 0.576. The Morgan fingerprint density at radius 3 is 2.97 bits per heavy atom. The average Bonchev–Trinajstić information content (AvgIpc) is 3.47. The molecule has 0 bridgehead atoms. The van der Waals surface area contributed by atoms with Crippen LogP contribution in [0.4, 0.5) is 16.4 Å². The number of aromatic nitrogens is 2. The van der Waals surface area contributed by atoms with E-state index in [9.17, 15) is 4.79 Å². The van der Waals surface area contributed by atoms with Gasteiger partial charge in [-0.3, -0.25) is 14.8 Å². The van der Waals surface area contributed by atoms with Gasteiger partial charge in [0.05, 0.1) is 40.1 Å². The fourth-order valence-corrected chi connectivity index (χ4v) is 4.77. The zero-order valence-corrected chi connectivity index (χ0v) is 17.3. The molecule has 9 heteroatoms. The maximum absolute atomic E-state index is 13.2. The Morgan fingerprint density at radius 1 is 1.30 bits per heavy atom. The second kappa shape index (κ2) is 7.73. The van der Waals surface area contributed by atoms with Gasteiger partial charge in [0, 0.05) is 31.4 Å². The third kappa shape index (κ3) is 3.78. The number of nitrogens with one attached hydrogen (secondary N) is 1. The van der Waals surface area contributed by atoms with Gasteiger partial charge in [-0.05, 0) is 31.7 Å². The first-order valence-corrected chi connectivity index (χ1v) is 11.0. The van der Waals surface area contributed by atoms with E-state index < -0.39 is 0 Å². The number of pyridine rings is 2. The summed E-state index contributed by atoms with van der Waals surface area (Å²) in [6, 6.07) is 3.94. The highest BCUT2D eigenvalue weighted by atomic mass is 32.1. The average molecular weight is 425 g/mol. The summed E-state index contributed by atoms with van der Waals surface area (Å²) in [5, 5.41) is 3.42. The molecule has 0 unspecified atom stereocenters. The van der Waals surface area contributed by atoms with Crippen molar-refractivity contribution in [2.24, 2.45) is 5.73 Å². The highest BCUT2D eigenvalue weighted by Crippen LogP contribution is 2.36. The predicted octanol–water partition coefficient (Wildman–Crippen LogP) is 2.99. The number of thiophene rings is 1. The van der Waals surface area contributed by atoms with Gasteiger partial charge in [0.1, 0.15) is 16.3 Å². The van der Waals surface area contributed by atoms with E-state index in [4.69, 9.17) is 16.2 Å². The van der Waals surface area contributed by atoms with E-state index in [0.717, 1.165) is 49.2 Å². The van der Waals surface area contributed by atoms with Crippen molar-refractivity contribution in [1.82, 2.24) is 9.97 Å². The van der Waals surface area contributed by atoms with Gasteiger partial charge in [-0.1, -0.05) is 0 Å². The Kier molecular flexibility index (Phi) is 4.92. The van der Waals surface area contributed by atoms with Crippen LogP contribution < -0.4 is 26.4 Å². The number of hydrogen-bond donors (Lipinski definition) is 3. The van der Waals surface area contributed by atoms with Gasteiger partial charge in [-0.25, -0.2) is 0 Å². The number of fused-ring (bicyclic) bond motifs is 1. The molecule has 1 amide bonds. The molecule has 1 atom stereocenters. The van der Waals surface area contributed by atoms with Crippen LogP contribution in [-0.4, -0.2) is 41.1 Å². The van der Waals surface area contributed by atoms with Gasteiger partial charge in [0.2, 0.25) is 0 Å². The molecule has 5 rings (SSSR count). The molecule has 3 aromatic heterocycles. The first-order chi connectivity index (χ1) is 14.6. The van der Waals surface area contributed by atoms with Gasteiger partial charge >= 0.3 is 0 Å². The smallest absolute Gasteiger partial charge is 0.260 e. The third-order valence-corrected chi connectivity index (χ3v) is 6.38. The summed E-state index contributed by atoms with van der Waals surface area (Å²) in [6.07, 6.45) is 9.52. The van der Waals surface area contributed by atoms with Crippen LogP contribution >= 0.6 is 11.3 Å². The summed E-state index contributed by atoms with van der Waals surface area (Å²) < 4.78 is 6.65. The molecule has 4 heterocycles. The Hall–Kier alpha value is -2.91.